The number of hydrogen-bond acceptors (Lipinski definition) is 5. The molecule has 1 aliphatic heterocycles. The SMILES string of the molecule is CC(C(=O)N1CCCC1)C1CCC2(C)Cc3sc(COc4cccc(Cl)c4)nc3C(C)C2C1O. The predicted molar refractivity (Wildman–Crippen MR) is 135 cm³/mol. The zero-order valence-electron chi connectivity index (χ0n) is 20.3. The van der Waals surface area contributed by atoms with Gasteiger partial charge >= 0.3 is 0 Å². The average Bonchev–Trinajstić information content (AvgIpc) is 3.47. The van der Waals surface area contributed by atoms with Crippen LogP contribution in [0.25, 0.3) is 0 Å². The Bertz CT molecular complexity index is 1050. The van der Waals surface area contributed by atoms with E-state index in [1.807, 2.05) is 36.1 Å². The van der Waals surface area contributed by atoms with E-state index in [0.29, 0.717) is 11.6 Å². The lowest BCUT2D eigenvalue weighted by molar-refractivity contribution is -0.143. The maximum atomic E-state index is 13.1. The van der Waals surface area contributed by atoms with Gasteiger partial charge in [0.1, 0.15) is 17.4 Å². The van der Waals surface area contributed by atoms with Crippen LogP contribution >= 0.6 is 22.9 Å². The number of rotatable bonds is 5. The molecule has 3 aliphatic rings. The fourth-order valence-corrected chi connectivity index (χ4v) is 8.23. The predicted octanol–water partition coefficient (Wildman–Crippen LogP) is 5.69. The number of carbonyl (C=O) groups excluding carboxylic acids is 1. The number of aliphatic hydroxyl groups excluding tert-OH is 1. The van der Waals surface area contributed by atoms with Gasteiger partial charge < -0.3 is 14.7 Å². The van der Waals surface area contributed by atoms with Crippen molar-refractivity contribution in [3.8, 4) is 5.75 Å². The van der Waals surface area contributed by atoms with Crippen LogP contribution in [0.15, 0.2) is 24.3 Å². The van der Waals surface area contributed by atoms with Gasteiger partial charge in [0.2, 0.25) is 5.91 Å². The smallest absolute Gasteiger partial charge is 0.225 e. The molecule has 184 valence electrons. The van der Waals surface area contributed by atoms with Crippen molar-refractivity contribution in [2.45, 2.75) is 71.5 Å². The second kappa shape index (κ2) is 9.44. The molecule has 0 radical (unpaired) electrons. The topological polar surface area (TPSA) is 62.7 Å². The molecule has 0 bridgehead atoms. The third-order valence-corrected chi connectivity index (χ3v) is 9.85. The molecule has 2 fully saturated rings. The van der Waals surface area contributed by atoms with E-state index in [0.717, 1.165) is 61.6 Å². The van der Waals surface area contributed by atoms with Gasteiger partial charge in [0.05, 0.1) is 11.8 Å². The summed E-state index contributed by atoms with van der Waals surface area (Å²) in [5, 5.41) is 13.3. The molecule has 5 nitrogen and oxygen atoms in total. The van der Waals surface area contributed by atoms with Gasteiger partial charge in [-0.1, -0.05) is 38.4 Å². The Morgan fingerprint density at radius 3 is 2.88 bits per heavy atom. The molecule has 2 aliphatic carbocycles. The zero-order valence-corrected chi connectivity index (χ0v) is 21.9. The first kappa shape index (κ1) is 24.1. The second-order valence-electron chi connectivity index (χ2n) is 10.8. The van der Waals surface area contributed by atoms with Crippen LogP contribution in [0.1, 0.15) is 68.0 Å². The highest BCUT2D eigenvalue weighted by Crippen LogP contribution is 2.57. The van der Waals surface area contributed by atoms with Crippen LogP contribution in [-0.2, 0) is 17.8 Å². The highest BCUT2D eigenvalue weighted by Gasteiger charge is 2.54. The molecular weight excluding hydrogens is 468 g/mol. The summed E-state index contributed by atoms with van der Waals surface area (Å²) in [6, 6.07) is 7.43. The fraction of sp³-hybridized carbons (Fsp3) is 0.630. The van der Waals surface area contributed by atoms with Crippen LogP contribution in [0.2, 0.25) is 5.02 Å². The second-order valence-corrected chi connectivity index (χ2v) is 12.4. The van der Waals surface area contributed by atoms with Crippen LogP contribution in [0.4, 0.5) is 0 Å². The van der Waals surface area contributed by atoms with Crippen LogP contribution in [0.5, 0.6) is 5.75 Å². The van der Waals surface area contributed by atoms with Crippen molar-refractivity contribution in [2.24, 2.45) is 23.2 Å². The molecule has 2 aromatic rings. The van der Waals surface area contributed by atoms with Gasteiger partial charge in [-0.05, 0) is 67.6 Å². The molecule has 0 spiro atoms. The highest BCUT2D eigenvalue weighted by molar-refractivity contribution is 7.11. The molecule has 1 saturated carbocycles. The molecule has 1 aromatic carbocycles. The number of benzene rings is 1. The number of likely N-dealkylation sites (tertiary alicyclic amines) is 1. The Kier molecular flexibility index (Phi) is 6.68. The summed E-state index contributed by atoms with van der Waals surface area (Å²) in [5.41, 5.74) is 1.13. The van der Waals surface area contributed by atoms with Crippen molar-refractivity contribution in [3.63, 3.8) is 0 Å². The monoisotopic (exact) mass is 502 g/mol. The lowest BCUT2D eigenvalue weighted by atomic mass is 9.53. The number of hydrogen-bond donors (Lipinski definition) is 1. The third-order valence-electron chi connectivity index (χ3n) is 8.57. The minimum atomic E-state index is -0.490. The maximum Gasteiger partial charge on any atom is 0.225 e. The Labute approximate surface area is 211 Å². The number of nitrogens with zero attached hydrogens (tertiary/aromatic N) is 2. The summed E-state index contributed by atoms with van der Waals surface area (Å²) in [7, 11) is 0. The van der Waals surface area contributed by atoms with Gasteiger partial charge in [-0.15, -0.1) is 11.3 Å². The van der Waals surface area contributed by atoms with E-state index in [1.165, 1.54) is 4.88 Å². The van der Waals surface area contributed by atoms with Gasteiger partial charge in [0.25, 0.3) is 0 Å². The summed E-state index contributed by atoms with van der Waals surface area (Å²) in [4.78, 5) is 21.4. The van der Waals surface area contributed by atoms with Crippen molar-refractivity contribution in [1.82, 2.24) is 9.88 Å². The van der Waals surface area contributed by atoms with Crippen LogP contribution in [-0.4, -0.2) is 40.1 Å². The number of halogens is 1. The van der Waals surface area contributed by atoms with Crippen LogP contribution in [0.3, 0.4) is 0 Å². The first-order valence-electron chi connectivity index (χ1n) is 12.6. The van der Waals surface area contributed by atoms with Gasteiger partial charge in [-0.25, -0.2) is 4.98 Å². The van der Waals surface area contributed by atoms with E-state index in [9.17, 15) is 9.90 Å². The quantitative estimate of drug-likeness (QED) is 0.570. The Hall–Kier alpha value is -1.63. The largest absolute Gasteiger partial charge is 0.486 e. The number of fused-ring (bicyclic) bond motifs is 2. The third kappa shape index (κ3) is 4.38. The fourth-order valence-electron chi connectivity index (χ4n) is 6.77. The van der Waals surface area contributed by atoms with E-state index in [1.54, 1.807) is 11.3 Å². The Balaban J connectivity index is 1.33. The number of aliphatic hydroxyl groups is 1. The van der Waals surface area contributed by atoms with Gasteiger partial charge in [-0.2, -0.15) is 0 Å². The van der Waals surface area contributed by atoms with Crippen LogP contribution in [0, 0.1) is 23.2 Å². The molecule has 5 rings (SSSR count). The standard InChI is InChI=1S/C27H35ClN2O3S/c1-16(26(32)30-11-4-5-12-30)20-9-10-27(3)14-21-24(17(2)23(27)25(20)31)29-22(34-21)15-33-19-8-6-7-18(28)13-19/h6-8,13,16-17,20,23,25,31H,4-5,9-12,14-15H2,1-3H3. The van der Waals surface area contributed by atoms with Crippen molar-refractivity contribution >= 4 is 28.8 Å². The summed E-state index contributed by atoms with van der Waals surface area (Å²) in [5.74, 6) is 1.10. The summed E-state index contributed by atoms with van der Waals surface area (Å²) >= 11 is 7.81. The van der Waals surface area contributed by atoms with Gasteiger partial charge in [-0.3, -0.25) is 4.79 Å². The summed E-state index contributed by atoms with van der Waals surface area (Å²) in [6.45, 7) is 8.71. The summed E-state index contributed by atoms with van der Waals surface area (Å²) in [6.07, 6.45) is 4.58. The first-order chi connectivity index (χ1) is 16.3. The van der Waals surface area contributed by atoms with E-state index in [4.69, 9.17) is 21.3 Å². The molecule has 1 N–H and O–H groups in total. The molecule has 7 heteroatoms. The molecule has 1 aromatic heterocycles. The number of thiazole rings is 1. The number of carbonyl (C=O) groups is 1. The first-order valence-corrected chi connectivity index (χ1v) is 13.8. The number of aromatic nitrogens is 1. The molecule has 1 amide bonds. The van der Waals surface area contributed by atoms with Gasteiger partial charge in [0.15, 0.2) is 0 Å². The summed E-state index contributed by atoms with van der Waals surface area (Å²) < 4.78 is 5.95. The Morgan fingerprint density at radius 2 is 2.15 bits per heavy atom. The molecule has 2 heterocycles. The van der Waals surface area contributed by atoms with Crippen molar-refractivity contribution in [1.29, 1.82) is 0 Å². The van der Waals surface area contributed by atoms with Crippen LogP contribution < -0.4 is 4.74 Å². The zero-order chi connectivity index (χ0) is 24.0. The molecule has 34 heavy (non-hydrogen) atoms. The van der Waals surface area contributed by atoms with Crippen molar-refractivity contribution in [2.75, 3.05) is 13.1 Å². The average molecular weight is 503 g/mol. The minimum absolute atomic E-state index is 0.0134. The van der Waals surface area contributed by atoms with E-state index in [2.05, 4.69) is 13.8 Å². The molecular formula is C27H35ClN2O3S. The van der Waals surface area contributed by atoms with Crippen molar-refractivity contribution in [3.05, 3.63) is 44.9 Å². The lowest BCUT2D eigenvalue weighted by Gasteiger charge is -2.53. The highest BCUT2D eigenvalue weighted by atomic mass is 35.5. The lowest BCUT2D eigenvalue weighted by Crippen LogP contribution is -2.53. The van der Waals surface area contributed by atoms with E-state index in [-0.39, 0.29) is 35.0 Å². The molecule has 6 unspecified atom stereocenters. The molecule has 1 saturated heterocycles. The van der Waals surface area contributed by atoms with E-state index < -0.39 is 6.10 Å². The van der Waals surface area contributed by atoms with E-state index >= 15 is 0 Å². The normalized spacial score (nSPS) is 31.6. The Morgan fingerprint density at radius 1 is 1.38 bits per heavy atom. The molecule has 6 atom stereocenters. The van der Waals surface area contributed by atoms with Crippen molar-refractivity contribution < 1.29 is 14.6 Å². The number of amides is 1. The maximum absolute atomic E-state index is 13.1. The number of ether oxygens (including phenoxy) is 1. The van der Waals surface area contributed by atoms with Gasteiger partial charge in [0, 0.05) is 34.8 Å². The minimum Gasteiger partial charge on any atom is -0.486 e.